The Morgan fingerprint density at radius 1 is 0.892 bits per heavy atom. The van der Waals surface area contributed by atoms with Crippen LogP contribution in [-0.4, -0.2) is 37.4 Å². The van der Waals surface area contributed by atoms with Crippen molar-refractivity contribution in [3.63, 3.8) is 0 Å². The zero-order valence-electron chi connectivity index (χ0n) is 20.0. The molecule has 0 saturated heterocycles. The van der Waals surface area contributed by atoms with Gasteiger partial charge in [0.2, 0.25) is 0 Å². The van der Waals surface area contributed by atoms with E-state index in [2.05, 4.69) is 15.8 Å². The van der Waals surface area contributed by atoms with Crippen LogP contribution in [0.15, 0.2) is 77.9 Å². The number of hydrogen-bond donors (Lipinski definition) is 3. The summed E-state index contributed by atoms with van der Waals surface area (Å²) in [6.45, 7) is 0. The molecule has 0 saturated carbocycles. The average molecular weight is 495 g/mol. The lowest BCUT2D eigenvalue weighted by Gasteiger charge is -2.12. The maximum absolute atomic E-state index is 13.0. The van der Waals surface area contributed by atoms with Gasteiger partial charge in [0.05, 0.1) is 26.0 Å². The summed E-state index contributed by atoms with van der Waals surface area (Å²) < 4.78 is 10.5. The molecule has 0 spiro atoms. The van der Waals surface area contributed by atoms with Crippen molar-refractivity contribution in [2.75, 3.05) is 19.5 Å². The molecule has 37 heavy (non-hydrogen) atoms. The number of carbonyl (C=O) groups is 2. The lowest BCUT2D eigenvalue weighted by molar-refractivity contribution is 0.0954. The third kappa shape index (κ3) is 5.49. The van der Waals surface area contributed by atoms with Gasteiger partial charge in [0, 0.05) is 33.8 Å². The van der Waals surface area contributed by atoms with Crippen molar-refractivity contribution < 1.29 is 24.2 Å². The molecule has 0 unspecified atom stereocenters. The van der Waals surface area contributed by atoms with Crippen LogP contribution in [0.3, 0.4) is 0 Å². The Labute approximate surface area is 212 Å². The zero-order chi connectivity index (χ0) is 26.4. The fraction of sp³-hybridized carbons (Fsp3) is 0.0714. The van der Waals surface area contributed by atoms with Crippen molar-refractivity contribution in [1.82, 2.24) is 5.43 Å². The average Bonchev–Trinajstić information content (AvgIpc) is 2.93. The summed E-state index contributed by atoms with van der Waals surface area (Å²) in [4.78, 5) is 25.4. The lowest BCUT2D eigenvalue weighted by atomic mass is 10.0. The molecule has 9 nitrogen and oxygen atoms in total. The number of nitriles is 1. The number of phenolic OH excluding ortho intramolecular Hbond substituents is 1. The monoisotopic (exact) mass is 494 g/mol. The first-order valence-corrected chi connectivity index (χ1v) is 11.1. The summed E-state index contributed by atoms with van der Waals surface area (Å²) >= 11 is 0. The Morgan fingerprint density at radius 3 is 2.27 bits per heavy atom. The van der Waals surface area contributed by atoms with Crippen LogP contribution in [0.2, 0.25) is 0 Å². The first kappa shape index (κ1) is 24.8. The maximum atomic E-state index is 13.0. The van der Waals surface area contributed by atoms with Crippen LogP contribution in [0.1, 0.15) is 31.8 Å². The Hall–Kier alpha value is -5.36. The number of methoxy groups -OCH3 is 2. The SMILES string of the molecule is COc1cc(OC)cc(C(=O)Nc2ccc(C=NNC(=O)c3ccc(O)c(C#N)c3)c3ccccc23)c1. The number of benzene rings is 4. The van der Waals surface area contributed by atoms with E-state index in [1.165, 1.54) is 38.6 Å². The Balaban J connectivity index is 1.56. The van der Waals surface area contributed by atoms with Crippen molar-refractivity contribution >= 4 is 34.5 Å². The standard InChI is InChI=1S/C28H22N4O5/c1-36-21-12-19(13-22(14-21)37-2)27(34)31-25-9-7-18(23-5-3-4-6-24(23)25)16-30-32-28(35)17-8-10-26(33)20(11-17)15-29/h3-14,16,33H,1-2H3,(H,31,34)(H,32,35). The second kappa shape index (κ2) is 10.9. The number of amides is 2. The number of hydrazone groups is 1. The van der Waals surface area contributed by atoms with Crippen LogP contribution in [-0.2, 0) is 0 Å². The summed E-state index contributed by atoms with van der Waals surface area (Å²) in [5.41, 5.74) is 4.28. The molecule has 0 aliphatic heterocycles. The number of aromatic hydroxyl groups is 1. The van der Waals surface area contributed by atoms with E-state index in [0.717, 1.165) is 10.8 Å². The van der Waals surface area contributed by atoms with E-state index >= 15 is 0 Å². The van der Waals surface area contributed by atoms with Crippen molar-refractivity contribution in [3.8, 4) is 23.3 Å². The molecule has 0 atom stereocenters. The zero-order valence-corrected chi connectivity index (χ0v) is 20.0. The van der Waals surface area contributed by atoms with Crippen LogP contribution >= 0.6 is 0 Å². The van der Waals surface area contributed by atoms with Gasteiger partial charge in [-0.1, -0.05) is 30.3 Å². The molecule has 4 aromatic carbocycles. The van der Waals surface area contributed by atoms with E-state index in [9.17, 15) is 14.7 Å². The lowest BCUT2D eigenvalue weighted by Crippen LogP contribution is -2.17. The molecule has 0 heterocycles. The molecule has 4 rings (SSSR count). The molecule has 3 N–H and O–H groups in total. The van der Waals surface area contributed by atoms with Gasteiger partial charge in [-0.25, -0.2) is 5.43 Å². The third-order valence-electron chi connectivity index (χ3n) is 5.57. The highest BCUT2D eigenvalue weighted by molar-refractivity contribution is 6.12. The highest BCUT2D eigenvalue weighted by Gasteiger charge is 2.13. The predicted octanol–water partition coefficient (Wildman–Crippen LogP) is 4.45. The highest BCUT2D eigenvalue weighted by atomic mass is 16.5. The van der Waals surface area contributed by atoms with Gasteiger partial charge < -0.3 is 19.9 Å². The minimum absolute atomic E-state index is 0.00681. The van der Waals surface area contributed by atoms with E-state index in [4.69, 9.17) is 14.7 Å². The second-order valence-electron chi connectivity index (χ2n) is 7.85. The molecule has 0 fully saturated rings. The molecular weight excluding hydrogens is 472 g/mol. The van der Waals surface area contributed by atoms with E-state index in [1.54, 1.807) is 30.3 Å². The van der Waals surface area contributed by atoms with Gasteiger partial charge in [0.1, 0.15) is 23.3 Å². The predicted molar refractivity (Wildman–Crippen MR) is 139 cm³/mol. The van der Waals surface area contributed by atoms with E-state index < -0.39 is 5.91 Å². The van der Waals surface area contributed by atoms with Crippen LogP contribution in [0.4, 0.5) is 5.69 Å². The highest BCUT2D eigenvalue weighted by Crippen LogP contribution is 2.28. The summed E-state index contributed by atoms with van der Waals surface area (Å²) in [5, 5.41) is 27.2. The van der Waals surface area contributed by atoms with Gasteiger partial charge in [-0.15, -0.1) is 0 Å². The van der Waals surface area contributed by atoms with Gasteiger partial charge in [-0.3, -0.25) is 9.59 Å². The molecule has 0 radical (unpaired) electrons. The largest absolute Gasteiger partial charge is 0.507 e. The van der Waals surface area contributed by atoms with Crippen LogP contribution in [0.5, 0.6) is 17.2 Å². The van der Waals surface area contributed by atoms with Gasteiger partial charge in [-0.05, 0) is 41.8 Å². The van der Waals surface area contributed by atoms with Crippen LogP contribution in [0, 0.1) is 11.3 Å². The minimum Gasteiger partial charge on any atom is -0.507 e. The van der Waals surface area contributed by atoms with Crippen molar-refractivity contribution in [2.45, 2.75) is 0 Å². The minimum atomic E-state index is -0.533. The first-order valence-electron chi connectivity index (χ1n) is 11.1. The number of carbonyl (C=O) groups excluding carboxylic acids is 2. The molecule has 0 aliphatic rings. The molecule has 2 amide bonds. The maximum Gasteiger partial charge on any atom is 0.271 e. The molecule has 184 valence electrons. The Bertz CT molecular complexity index is 1550. The van der Waals surface area contributed by atoms with E-state index in [-0.39, 0.29) is 22.8 Å². The van der Waals surface area contributed by atoms with Gasteiger partial charge in [0.15, 0.2) is 0 Å². The van der Waals surface area contributed by atoms with E-state index in [0.29, 0.717) is 28.3 Å². The molecule has 0 bridgehead atoms. The summed E-state index contributed by atoms with van der Waals surface area (Å²) in [7, 11) is 3.03. The molecule has 0 aromatic heterocycles. The van der Waals surface area contributed by atoms with E-state index in [1.807, 2.05) is 30.3 Å². The van der Waals surface area contributed by atoms with Crippen LogP contribution in [0.25, 0.3) is 10.8 Å². The van der Waals surface area contributed by atoms with Crippen molar-refractivity contribution in [2.24, 2.45) is 5.10 Å². The number of nitrogens with one attached hydrogen (secondary N) is 2. The smallest absolute Gasteiger partial charge is 0.271 e. The summed E-state index contributed by atoms with van der Waals surface area (Å²) in [6.07, 6.45) is 1.49. The Morgan fingerprint density at radius 2 is 1.59 bits per heavy atom. The number of phenols is 1. The fourth-order valence-corrected chi connectivity index (χ4v) is 3.67. The molecule has 0 aliphatic carbocycles. The topological polar surface area (TPSA) is 133 Å². The molecule has 9 heteroatoms. The van der Waals surface area contributed by atoms with Crippen LogP contribution < -0.4 is 20.2 Å². The first-order chi connectivity index (χ1) is 17.9. The van der Waals surface area contributed by atoms with Crippen molar-refractivity contribution in [1.29, 1.82) is 5.26 Å². The number of nitrogens with zero attached hydrogens (tertiary/aromatic N) is 2. The summed E-state index contributed by atoms with van der Waals surface area (Å²) in [5.74, 6) is -0.0682. The normalized spacial score (nSPS) is 10.6. The Kier molecular flexibility index (Phi) is 7.31. The van der Waals surface area contributed by atoms with Crippen molar-refractivity contribution in [3.05, 3.63) is 95.1 Å². The second-order valence-corrected chi connectivity index (χ2v) is 7.85. The molecular formula is C28H22N4O5. The third-order valence-corrected chi connectivity index (χ3v) is 5.57. The number of anilines is 1. The summed E-state index contributed by atoms with van der Waals surface area (Å²) in [6, 6.07) is 21.7. The number of hydrogen-bond acceptors (Lipinski definition) is 7. The molecule has 4 aromatic rings. The quantitative estimate of drug-likeness (QED) is 0.257. The number of ether oxygens (including phenoxy) is 2. The number of rotatable bonds is 7. The number of fused-ring (bicyclic) bond motifs is 1. The fourth-order valence-electron chi connectivity index (χ4n) is 3.67. The van der Waals surface area contributed by atoms with Gasteiger partial charge >= 0.3 is 0 Å². The van der Waals surface area contributed by atoms with Gasteiger partial charge in [-0.2, -0.15) is 10.4 Å². The van der Waals surface area contributed by atoms with Gasteiger partial charge in [0.25, 0.3) is 11.8 Å².